The van der Waals surface area contributed by atoms with Crippen molar-refractivity contribution in [2.24, 2.45) is 0 Å². The van der Waals surface area contributed by atoms with E-state index in [4.69, 9.17) is 4.74 Å². The lowest BCUT2D eigenvalue weighted by molar-refractivity contribution is -0.115. The number of hydrogen-bond donors (Lipinski definition) is 1. The molecule has 0 fully saturated rings. The first kappa shape index (κ1) is 22.7. The van der Waals surface area contributed by atoms with Crippen LogP contribution in [0.4, 0.5) is 5.00 Å². The van der Waals surface area contributed by atoms with Crippen molar-refractivity contribution < 1.29 is 17.9 Å². The van der Waals surface area contributed by atoms with Crippen molar-refractivity contribution in [1.82, 2.24) is 4.98 Å². The van der Waals surface area contributed by atoms with E-state index in [-0.39, 0.29) is 23.0 Å². The monoisotopic (exact) mass is 478 g/mol. The van der Waals surface area contributed by atoms with Gasteiger partial charge < -0.3 is 10.1 Å². The molecule has 2 aromatic heterocycles. The minimum Gasteiger partial charge on any atom is -0.438 e. The summed E-state index contributed by atoms with van der Waals surface area (Å²) in [5.74, 6) is 1.05. The Labute approximate surface area is 196 Å². The molecule has 0 aliphatic heterocycles. The van der Waals surface area contributed by atoms with Gasteiger partial charge in [-0.15, -0.1) is 11.3 Å². The molecular formula is C25H22N2O4S2. The second-order valence-corrected chi connectivity index (χ2v) is 10.4. The molecule has 1 N–H and O–H groups in total. The van der Waals surface area contributed by atoms with E-state index in [2.05, 4.69) is 10.3 Å². The van der Waals surface area contributed by atoms with E-state index in [1.165, 1.54) is 11.3 Å². The average molecular weight is 479 g/mol. The number of carbonyl (C=O) groups is 1. The van der Waals surface area contributed by atoms with Crippen LogP contribution in [0.1, 0.15) is 12.5 Å². The molecule has 0 radical (unpaired) electrons. The minimum absolute atomic E-state index is 0.0442. The maximum Gasteiger partial charge on any atom is 0.229 e. The van der Waals surface area contributed by atoms with Crippen LogP contribution >= 0.6 is 11.3 Å². The summed E-state index contributed by atoms with van der Waals surface area (Å²) in [5.41, 5.74) is 2.46. The number of ether oxygens (including phenoxy) is 1. The van der Waals surface area contributed by atoms with E-state index in [0.29, 0.717) is 16.6 Å². The van der Waals surface area contributed by atoms with Gasteiger partial charge >= 0.3 is 0 Å². The molecule has 0 spiro atoms. The summed E-state index contributed by atoms with van der Waals surface area (Å²) in [4.78, 5) is 17.1. The number of rotatable bonds is 8. The second kappa shape index (κ2) is 9.97. The number of nitrogens with zero attached hydrogens (tertiary/aromatic N) is 1. The second-order valence-electron chi connectivity index (χ2n) is 7.24. The Kier molecular flexibility index (Phi) is 6.86. The Morgan fingerprint density at radius 1 is 1.03 bits per heavy atom. The quantitative estimate of drug-likeness (QED) is 0.357. The molecule has 0 atom stereocenters. The molecular weight excluding hydrogens is 456 g/mol. The molecule has 2 aromatic carbocycles. The van der Waals surface area contributed by atoms with Crippen molar-refractivity contribution >= 4 is 32.1 Å². The zero-order chi connectivity index (χ0) is 23.3. The Hall–Kier alpha value is -3.49. The lowest BCUT2D eigenvalue weighted by atomic mass is 10.1. The van der Waals surface area contributed by atoms with Crippen LogP contribution in [0.3, 0.4) is 0 Å². The number of pyridine rings is 1. The van der Waals surface area contributed by atoms with E-state index in [0.717, 1.165) is 16.7 Å². The summed E-state index contributed by atoms with van der Waals surface area (Å²) in [6.45, 7) is 1.61. The maximum atomic E-state index is 12.5. The summed E-state index contributed by atoms with van der Waals surface area (Å²) in [5, 5.41) is 5.55. The molecule has 33 heavy (non-hydrogen) atoms. The van der Waals surface area contributed by atoms with Gasteiger partial charge in [0.05, 0.1) is 22.1 Å². The fourth-order valence-electron chi connectivity index (χ4n) is 3.18. The van der Waals surface area contributed by atoms with Gasteiger partial charge in [0.2, 0.25) is 11.8 Å². The molecule has 0 saturated carbocycles. The zero-order valence-corrected chi connectivity index (χ0v) is 19.5. The van der Waals surface area contributed by atoms with Crippen LogP contribution in [0.5, 0.6) is 11.6 Å². The number of para-hydroxylation sites is 1. The van der Waals surface area contributed by atoms with Gasteiger partial charge in [-0.2, -0.15) is 0 Å². The molecule has 8 heteroatoms. The fraction of sp³-hybridized carbons (Fsp3) is 0.120. The third kappa shape index (κ3) is 5.66. The molecule has 0 aliphatic rings. The molecule has 0 bridgehead atoms. The first-order valence-electron chi connectivity index (χ1n) is 10.3. The highest BCUT2D eigenvalue weighted by atomic mass is 32.2. The molecule has 6 nitrogen and oxygen atoms in total. The average Bonchev–Trinajstić information content (AvgIpc) is 3.28. The smallest absolute Gasteiger partial charge is 0.229 e. The summed E-state index contributed by atoms with van der Waals surface area (Å²) < 4.78 is 29.8. The number of carbonyl (C=O) groups excluding carboxylic acids is 1. The van der Waals surface area contributed by atoms with Crippen molar-refractivity contribution in [2.75, 3.05) is 11.1 Å². The summed E-state index contributed by atoms with van der Waals surface area (Å²) in [6.07, 6.45) is 1.82. The molecule has 0 saturated heterocycles. The third-order valence-electron chi connectivity index (χ3n) is 4.93. The number of thiophene rings is 1. The van der Waals surface area contributed by atoms with Crippen LogP contribution in [0.2, 0.25) is 0 Å². The highest BCUT2D eigenvalue weighted by Crippen LogP contribution is 2.35. The van der Waals surface area contributed by atoms with Gasteiger partial charge in [-0.3, -0.25) is 4.79 Å². The number of amides is 1. The topological polar surface area (TPSA) is 85.4 Å². The molecule has 0 unspecified atom stereocenters. The van der Waals surface area contributed by atoms with Crippen molar-refractivity contribution in [3.8, 4) is 22.8 Å². The van der Waals surface area contributed by atoms with Crippen molar-refractivity contribution in [3.05, 3.63) is 89.9 Å². The fourth-order valence-corrected chi connectivity index (χ4v) is 4.88. The van der Waals surface area contributed by atoms with Crippen LogP contribution in [0, 0.1) is 0 Å². The number of aromatic nitrogens is 1. The van der Waals surface area contributed by atoms with Gasteiger partial charge in [-0.25, -0.2) is 13.4 Å². The number of hydrogen-bond acceptors (Lipinski definition) is 6. The zero-order valence-electron chi connectivity index (χ0n) is 17.9. The van der Waals surface area contributed by atoms with E-state index in [1.807, 2.05) is 53.9 Å². The van der Waals surface area contributed by atoms with Crippen LogP contribution in [-0.2, 0) is 21.1 Å². The van der Waals surface area contributed by atoms with Gasteiger partial charge in [0.1, 0.15) is 5.75 Å². The van der Waals surface area contributed by atoms with E-state index in [1.54, 1.807) is 37.4 Å². The number of anilines is 1. The first-order chi connectivity index (χ1) is 15.9. The third-order valence-corrected chi connectivity index (χ3v) is 7.53. The van der Waals surface area contributed by atoms with Crippen molar-refractivity contribution in [3.63, 3.8) is 0 Å². The highest BCUT2D eigenvalue weighted by molar-refractivity contribution is 7.91. The summed E-state index contributed by atoms with van der Waals surface area (Å²) in [7, 11) is -3.25. The number of sulfone groups is 1. The predicted octanol–water partition coefficient (Wildman–Crippen LogP) is 5.58. The van der Waals surface area contributed by atoms with Crippen LogP contribution < -0.4 is 10.1 Å². The molecule has 1 amide bonds. The predicted molar refractivity (Wildman–Crippen MR) is 131 cm³/mol. The summed E-state index contributed by atoms with van der Waals surface area (Å²) >= 11 is 1.41. The normalized spacial score (nSPS) is 11.2. The standard InChI is InChI=1S/C25H22N2O4S2/c1-2-33(29,30)21-12-10-18(11-13-21)15-23(28)27-24-16-19(17-32-24)22-9-6-14-26-25(22)31-20-7-4-3-5-8-20/h3-14,16-17H,2,15H2,1H3,(H,27,28). The van der Waals surface area contributed by atoms with Gasteiger partial charge in [0, 0.05) is 17.1 Å². The van der Waals surface area contributed by atoms with Gasteiger partial charge in [0.15, 0.2) is 9.84 Å². The van der Waals surface area contributed by atoms with Gasteiger partial charge in [0.25, 0.3) is 0 Å². The van der Waals surface area contributed by atoms with E-state index in [9.17, 15) is 13.2 Å². The van der Waals surface area contributed by atoms with E-state index >= 15 is 0 Å². The lowest BCUT2D eigenvalue weighted by Gasteiger charge is -2.08. The minimum atomic E-state index is -3.25. The molecule has 0 aliphatic carbocycles. The Morgan fingerprint density at radius 3 is 2.52 bits per heavy atom. The Balaban J connectivity index is 1.44. The highest BCUT2D eigenvalue weighted by Gasteiger charge is 2.14. The van der Waals surface area contributed by atoms with Crippen molar-refractivity contribution in [1.29, 1.82) is 0 Å². The first-order valence-corrected chi connectivity index (χ1v) is 12.9. The van der Waals surface area contributed by atoms with Crippen molar-refractivity contribution in [2.45, 2.75) is 18.2 Å². The molecule has 4 rings (SSSR count). The van der Waals surface area contributed by atoms with Gasteiger partial charge in [-0.05, 0) is 53.6 Å². The molecule has 168 valence electrons. The van der Waals surface area contributed by atoms with Crippen LogP contribution in [0.25, 0.3) is 11.1 Å². The largest absolute Gasteiger partial charge is 0.438 e. The van der Waals surface area contributed by atoms with Crippen LogP contribution in [0.15, 0.2) is 89.3 Å². The molecule has 2 heterocycles. The lowest BCUT2D eigenvalue weighted by Crippen LogP contribution is -2.13. The van der Waals surface area contributed by atoms with Crippen LogP contribution in [-0.4, -0.2) is 25.1 Å². The number of nitrogens with one attached hydrogen (secondary N) is 1. The SMILES string of the molecule is CCS(=O)(=O)c1ccc(CC(=O)Nc2cc(-c3cccnc3Oc3ccccc3)cs2)cc1. The maximum absolute atomic E-state index is 12.5. The molecule has 4 aromatic rings. The Bertz CT molecular complexity index is 1350. The number of benzene rings is 2. The summed E-state index contributed by atoms with van der Waals surface area (Å²) in [6, 6.07) is 21.5. The Morgan fingerprint density at radius 2 is 1.79 bits per heavy atom. The van der Waals surface area contributed by atoms with E-state index < -0.39 is 9.84 Å². The van der Waals surface area contributed by atoms with Gasteiger partial charge in [-0.1, -0.05) is 37.3 Å².